The Morgan fingerprint density at radius 2 is 2.23 bits per heavy atom. The van der Waals surface area contributed by atoms with Crippen molar-refractivity contribution in [3.63, 3.8) is 0 Å². The van der Waals surface area contributed by atoms with Gasteiger partial charge < -0.3 is 5.73 Å². The quantitative estimate of drug-likeness (QED) is 0.480. The van der Waals surface area contributed by atoms with Crippen molar-refractivity contribution in [3.05, 3.63) is 29.6 Å². The van der Waals surface area contributed by atoms with Crippen LogP contribution in [0.25, 0.3) is 0 Å². The molecular weight excluding hydrogens is 167 g/mol. The zero-order valence-corrected chi connectivity index (χ0v) is 6.84. The molecule has 0 atom stereocenters. The Morgan fingerprint density at radius 1 is 1.46 bits per heavy atom. The number of halogens is 1. The van der Waals surface area contributed by atoms with E-state index in [1.54, 1.807) is 6.07 Å². The number of anilines is 1. The SMILES string of the molecule is N#CCC#Cc1cccc(F)c1N. The van der Waals surface area contributed by atoms with Crippen LogP contribution in [0.5, 0.6) is 0 Å². The number of nitrogens with two attached hydrogens (primary N) is 1. The van der Waals surface area contributed by atoms with Crippen LogP contribution in [0, 0.1) is 29.0 Å². The normalized spacial score (nSPS) is 8.31. The van der Waals surface area contributed by atoms with Crippen LogP contribution in [0.4, 0.5) is 10.1 Å². The van der Waals surface area contributed by atoms with Crippen LogP contribution in [0.1, 0.15) is 12.0 Å². The third kappa shape index (κ3) is 2.21. The summed E-state index contributed by atoms with van der Waals surface area (Å²) in [7, 11) is 0. The number of hydrogen-bond donors (Lipinski definition) is 1. The number of benzene rings is 1. The molecule has 0 fully saturated rings. The van der Waals surface area contributed by atoms with Crippen LogP contribution in [-0.2, 0) is 0 Å². The predicted molar refractivity (Wildman–Crippen MR) is 47.9 cm³/mol. The van der Waals surface area contributed by atoms with E-state index in [0.29, 0.717) is 5.56 Å². The highest BCUT2D eigenvalue weighted by Gasteiger charge is 1.99. The van der Waals surface area contributed by atoms with E-state index in [2.05, 4.69) is 11.8 Å². The molecule has 64 valence electrons. The molecule has 0 spiro atoms. The molecule has 2 N–H and O–H groups in total. The van der Waals surface area contributed by atoms with Gasteiger partial charge in [-0.05, 0) is 12.1 Å². The van der Waals surface area contributed by atoms with E-state index < -0.39 is 5.82 Å². The maximum absolute atomic E-state index is 12.8. The molecule has 0 radical (unpaired) electrons. The minimum atomic E-state index is -0.483. The third-order valence-corrected chi connectivity index (χ3v) is 1.44. The van der Waals surface area contributed by atoms with Gasteiger partial charge in [-0.25, -0.2) is 4.39 Å². The van der Waals surface area contributed by atoms with E-state index in [1.807, 2.05) is 6.07 Å². The van der Waals surface area contributed by atoms with Gasteiger partial charge in [0.25, 0.3) is 0 Å². The van der Waals surface area contributed by atoms with Crippen molar-refractivity contribution in [2.45, 2.75) is 6.42 Å². The van der Waals surface area contributed by atoms with E-state index in [1.165, 1.54) is 12.1 Å². The van der Waals surface area contributed by atoms with E-state index in [-0.39, 0.29) is 12.1 Å². The fraction of sp³-hybridized carbons (Fsp3) is 0.100. The topological polar surface area (TPSA) is 49.8 Å². The van der Waals surface area contributed by atoms with Gasteiger partial charge in [0.1, 0.15) is 5.82 Å². The Kier molecular flexibility index (Phi) is 2.89. The molecule has 0 aromatic heterocycles. The molecule has 1 aromatic rings. The van der Waals surface area contributed by atoms with Gasteiger partial charge >= 0.3 is 0 Å². The van der Waals surface area contributed by atoms with Gasteiger partial charge in [-0.3, -0.25) is 0 Å². The Hall–Kier alpha value is -2.00. The van der Waals surface area contributed by atoms with Gasteiger partial charge in [0.05, 0.1) is 23.7 Å². The Balaban J connectivity index is 2.99. The van der Waals surface area contributed by atoms with Gasteiger partial charge in [-0.2, -0.15) is 5.26 Å². The minimum absolute atomic E-state index is 0.0351. The molecule has 1 aromatic carbocycles. The zero-order chi connectivity index (χ0) is 9.68. The van der Waals surface area contributed by atoms with Crippen LogP contribution in [0.15, 0.2) is 18.2 Å². The van der Waals surface area contributed by atoms with Crippen molar-refractivity contribution in [1.29, 1.82) is 5.26 Å². The summed E-state index contributed by atoms with van der Waals surface area (Å²) < 4.78 is 12.8. The summed E-state index contributed by atoms with van der Waals surface area (Å²) in [6.45, 7) is 0. The molecule has 13 heavy (non-hydrogen) atoms. The Bertz CT molecular complexity index is 407. The number of nitrogen functional groups attached to an aromatic ring is 1. The van der Waals surface area contributed by atoms with E-state index >= 15 is 0 Å². The first kappa shape index (κ1) is 9.09. The number of para-hydroxylation sites is 1. The van der Waals surface area contributed by atoms with E-state index in [9.17, 15) is 4.39 Å². The summed E-state index contributed by atoms with van der Waals surface area (Å²) in [4.78, 5) is 0. The fourth-order valence-corrected chi connectivity index (χ4v) is 0.825. The molecule has 1 rings (SSSR count). The lowest BCUT2D eigenvalue weighted by molar-refractivity contribution is 0.632. The lowest BCUT2D eigenvalue weighted by Crippen LogP contribution is -1.93. The number of nitrogens with zero attached hydrogens (tertiary/aromatic N) is 1. The number of rotatable bonds is 0. The maximum atomic E-state index is 12.8. The summed E-state index contributed by atoms with van der Waals surface area (Å²) in [5.74, 6) is 4.70. The van der Waals surface area contributed by atoms with Crippen LogP contribution in [-0.4, -0.2) is 0 Å². The largest absolute Gasteiger partial charge is 0.395 e. The van der Waals surface area contributed by atoms with Crippen LogP contribution in [0.2, 0.25) is 0 Å². The van der Waals surface area contributed by atoms with Gasteiger partial charge in [-0.15, -0.1) is 0 Å². The number of nitriles is 1. The second-order valence-corrected chi connectivity index (χ2v) is 2.34. The molecular formula is C10H7FN2. The van der Waals surface area contributed by atoms with E-state index in [4.69, 9.17) is 11.0 Å². The average molecular weight is 174 g/mol. The van der Waals surface area contributed by atoms with Crippen LogP contribution < -0.4 is 5.73 Å². The molecule has 0 aliphatic carbocycles. The average Bonchev–Trinajstić information content (AvgIpc) is 2.13. The zero-order valence-electron chi connectivity index (χ0n) is 6.84. The molecule has 3 heteroatoms. The molecule has 0 heterocycles. The van der Waals surface area contributed by atoms with Crippen LogP contribution in [0.3, 0.4) is 0 Å². The Labute approximate surface area is 75.8 Å². The summed E-state index contributed by atoms with van der Waals surface area (Å²) >= 11 is 0. The van der Waals surface area contributed by atoms with Crippen molar-refractivity contribution < 1.29 is 4.39 Å². The monoisotopic (exact) mass is 174 g/mol. The van der Waals surface area contributed by atoms with Crippen molar-refractivity contribution in [1.82, 2.24) is 0 Å². The molecule has 0 saturated heterocycles. The molecule has 0 amide bonds. The van der Waals surface area contributed by atoms with Crippen molar-refractivity contribution >= 4 is 5.69 Å². The summed E-state index contributed by atoms with van der Waals surface area (Å²) in [5, 5.41) is 8.21. The van der Waals surface area contributed by atoms with Crippen LogP contribution >= 0.6 is 0 Å². The summed E-state index contributed by atoms with van der Waals surface area (Å²) in [6, 6.07) is 6.28. The first-order valence-corrected chi connectivity index (χ1v) is 3.65. The van der Waals surface area contributed by atoms with Crippen molar-refractivity contribution in [2.75, 3.05) is 5.73 Å². The molecule has 0 aliphatic rings. The Morgan fingerprint density at radius 3 is 2.92 bits per heavy atom. The molecule has 0 saturated carbocycles. The van der Waals surface area contributed by atoms with Crippen molar-refractivity contribution in [3.8, 4) is 17.9 Å². The van der Waals surface area contributed by atoms with Gasteiger partial charge in [0, 0.05) is 0 Å². The van der Waals surface area contributed by atoms with Gasteiger partial charge in [-0.1, -0.05) is 17.9 Å². The maximum Gasteiger partial charge on any atom is 0.147 e. The summed E-state index contributed by atoms with van der Waals surface area (Å²) in [6.07, 6.45) is 0.121. The van der Waals surface area contributed by atoms with Crippen molar-refractivity contribution in [2.24, 2.45) is 0 Å². The lowest BCUT2D eigenvalue weighted by Gasteiger charge is -1.97. The molecule has 0 unspecified atom stereocenters. The highest BCUT2D eigenvalue weighted by Crippen LogP contribution is 2.13. The standard InChI is InChI=1S/C10H7FN2/c11-9-6-3-5-8(10(9)13)4-1-2-7-12/h3,5-6H,2,13H2. The second kappa shape index (κ2) is 4.13. The predicted octanol–water partition coefficient (Wildman–Crippen LogP) is 1.67. The minimum Gasteiger partial charge on any atom is -0.395 e. The van der Waals surface area contributed by atoms with Gasteiger partial charge in [0.15, 0.2) is 0 Å². The lowest BCUT2D eigenvalue weighted by atomic mass is 10.2. The third-order valence-electron chi connectivity index (χ3n) is 1.44. The fourth-order valence-electron chi connectivity index (χ4n) is 0.825. The van der Waals surface area contributed by atoms with Gasteiger partial charge in [0.2, 0.25) is 0 Å². The molecule has 0 bridgehead atoms. The molecule has 0 aliphatic heterocycles. The summed E-state index contributed by atoms with van der Waals surface area (Å²) in [5.41, 5.74) is 5.87. The first-order valence-electron chi connectivity index (χ1n) is 3.65. The highest BCUT2D eigenvalue weighted by atomic mass is 19.1. The smallest absolute Gasteiger partial charge is 0.147 e. The highest BCUT2D eigenvalue weighted by molar-refractivity contribution is 5.56. The number of hydrogen-bond acceptors (Lipinski definition) is 2. The second-order valence-electron chi connectivity index (χ2n) is 2.34. The van der Waals surface area contributed by atoms with E-state index in [0.717, 1.165) is 0 Å². The molecule has 2 nitrogen and oxygen atoms in total. The first-order chi connectivity index (χ1) is 6.25.